The molecule has 2 bridgehead atoms. The minimum absolute atomic E-state index is 0.00216. The third-order valence-electron chi connectivity index (χ3n) is 5.30. The van der Waals surface area contributed by atoms with Crippen LogP contribution in [0.4, 0.5) is 0 Å². The topological polar surface area (TPSA) is 63.6 Å². The Morgan fingerprint density at radius 3 is 2.48 bits per heavy atom. The number of carbonyl (C=O) groups is 2. The van der Waals surface area contributed by atoms with Gasteiger partial charge in [-0.05, 0) is 42.7 Å². The average Bonchev–Trinajstić information content (AvgIpc) is 3.14. The highest BCUT2D eigenvalue weighted by atomic mass is 16.5. The van der Waals surface area contributed by atoms with Crippen LogP contribution >= 0.6 is 0 Å². The van der Waals surface area contributed by atoms with Crippen molar-refractivity contribution in [2.24, 2.45) is 17.3 Å². The molecule has 1 spiro atoms. The maximum atomic E-state index is 12.3. The van der Waals surface area contributed by atoms with Gasteiger partial charge in [-0.1, -0.05) is 24.3 Å². The van der Waals surface area contributed by atoms with E-state index < -0.39 is 11.9 Å². The van der Waals surface area contributed by atoms with Gasteiger partial charge >= 0.3 is 11.9 Å². The predicted octanol–water partition coefficient (Wildman–Crippen LogP) is 2.90. The lowest BCUT2D eigenvalue weighted by Crippen LogP contribution is -2.25. The summed E-state index contributed by atoms with van der Waals surface area (Å²) in [5.41, 5.74) is 0.501. The molecule has 1 N–H and O–H groups in total. The fourth-order valence-electron chi connectivity index (χ4n) is 4.11. The number of hydrogen-bond donors (Lipinski definition) is 1. The zero-order valence-electron chi connectivity index (χ0n) is 11.5. The summed E-state index contributed by atoms with van der Waals surface area (Å²) in [4.78, 5) is 23.5. The summed E-state index contributed by atoms with van der Waals surface area (Å²) in [6.07, 6.45) is 7.65. The Morgan fingerprint density at radius 1 is 1.14 bits per heavy atom. The highest BCUT2D eigenvalue weighted by molar-refractivity contribution is 6.02. The molecular formula is C17H16O4. The molecule has 3 atom stereocenters. The molecule has 0 heterocycles. The first-order valence-corrected chi connectivity index (χ1v) is 7.33. The zero-order chi connectivity index (χ0) is 14.6. The van der Waals surface area contributed by atoms with Crippen molar-refractivity contribution < 1.29 is 19.4 Å². The molecule has 0 amide bonds. The van der Waals surface area contributed by atoms with E-state index in [-0.39, 0.29) is 17.2 Å². The lowest BCUT2D eigenvalue weighted by Gasteiger charge is -2.20. The van der Waals surface area contributed by atoms with Gasteiger partial charge in [-0.3, -0.25) is 0 Å². The van der Waals surface area contributed by atoms with Gasteiger partial charge in [-0.15, -0.1) is 0 Å². The number of aromatic carboxylic acids is 1. The van der Waals surface area contributed by atoms with Crippen LogP contribution in [0, 0.1) is 17.3 Å². The van der Waals surface area contributed by atoms with Gasteiger partial charge in [0.15, 0.2) is 0 Å². The molecule has 4 nitrogen and oxygen atoms in total. The molecule has 0 radical (unpaired) electrons. The van der Waals surface area contributed by atoms with E-state index in [4.69, 9.17) is 9.84 Å². The molecule has 2 fully saturated rings. The Bertz CT molecular complexity index is 657. The maximum absolute atomic E-state index is 12.3. The van der Waals surface area contributed by atoms with Crippen LogP contribution in [0.2, 0.25) is 0 Å². The number of allylic oxidation sites excluding steroid dienone is 1. The lowest BCUT2D eigenvalue weighted by atomic mass is 9.93. The van der Waals surface area contributed by atoms with E-state index in [2.05, 4.69) is 12.2 Å². The van der Waals surface area contributed by atoms with Crippen LogP contribution in [0.25, 0.3) is 0 Å². The molecule has 2 saturated carbocycles. The van der Waals surface area contributed by atoms with Crippen LogP contribution < -0.4 is 0 Å². The van der Waals surface area contributed by atoms with Gasteiger partial charge in [0.2, 0.25) is 0 Å². The molecule has 0 aliphatic heterocycles. The van der Waals surface area contributed by atoms with Crippen molar-refractivity contribution in [1.82, 2.24) is 0 Å². The average molecular weight is 284 g/mol. The SMILES string of the molecule is O=C(O)c1ccccc1C(=O)O[C@@H]1C[C@H]2C=C[C@@H]1C21CC1. The highest BCUT2D eigenvalue weighted by Gasteiger charge is 2.63. The normalized spacial score (nSPS) is 30.6. The van der Waals surface area contributed by atoms with Gasteiger partial charge in [0, 0.05) is 5.92 Å². The third-order valence-corrected chi connectivity index (χ3v) is 5.30. The summed E-state index contributed by atoms with van der Waals surface area (Å²) >= 11 is 0. The molecule has 0 unspecified atom stereocenters. The summed E-state index contributed by atoms with van der Waals surface area (Å²) in [5.74, 6) is -0.762. The molecular weight excluding hydrogens is 268 g/mol. The van der Waals surface area contributed by atoms with Crippen molar-refractivity contribution in [3.05, 3.63) is 47.5 Å². The van der Waals surface area contributed by atoms with E-state index in [1.165, 1.54) is 25.0 Å². The van der Waals surface area contributed by atoms with E-state index in [1.807, 2.05) is 0 Å². The second kappa shape index (κ2) is 4.20. The molecule has 21 heavy (non-hydrogen) atoms. The van der Waals surface area contributed by atoms with Gasteiger partial charge in [-0.25, -0.2) is 9.59 Å². The number of benzene rings is 1. The van der Waals surface area contributed by atoms with E-state index >= 15 is 0 Å². The molecule has 1 aromatic carbocycles. The van der Waals surface area contributed by atoms with Gasteiger partial charge in [0.25, 0.3) is 0 Å². The van der Waals surface area contributed by atoms with E-state index in [0.717, 1.165) is 6.42 Å². The number of rotatable bonds is 3. The lowest BCUT2D eigenvalue weighted by molar-refractivity contribution is 0.0216. The fourth-order valence-corrected chi connectivity index (χ4v) is 4.11. The van der Waals surface area contributed by atoms with Crippen molar-refractivity contribution in [3.8, 4) is 0 Å². The Balaban J connectivity index is 1.55. The molecule has 3 aliphatic rings. The Kier molecular flexibility index (Phi) is 2.52. The van der Waals surface area contributed by atoms with E-state index in [1.54, 1.807) is 12.1 Å². The van der Waals surface area contributed by atoms with E-state index in [9.17, 15) is 9.59 Å². The second-order valence-corrected chi connectivity index (χ2v) is 6.28. The number of esters is 1. The van der Waals surface area contributed by atoms with Crippen LogP contribution in [0.1, 0.15) is 40.0 Å². The number of hydrogen-bond acceptors (Lipinski definition) is 3. The largest absolute Gasteiger partial charge is 0.478 e. The van der Waals surface area contributed by atoms with Crippen LogP contribution in [-0.4, -0.2) is 23.1 Å². The van der Waals surface area contributed by atoms with Crippen molar-refractivity contribution in [3.63, 3.8) is 0 Å². The van der Waals surface area contributed by atoms with Gasteiger partial charge in [0.05, 0.1) is 11.1 Å². The Morgan fingerprint density at radius 2 is 1.86 bits per heavy atom. The minimum Gasteiger partial charge on any atom is -0.478 e. The maximum Gasteiger partial charge on any atom is 0.339 e. The van der Waals surface area contributed by atoms with Crippen LogP contribution in [0.5, 0.6) is 0 Å². The fraction of sp³-hybridized carbons (Fsp3) is 0.412. The first kappa shape index (κ1) is 12.6. The van der Waals surface area contributed by atoms with Gasteiger partial charge < -0.3 is 9.84 Å². The highest BCUT2D eigenvalue weighted by Crippen LogP contribution is 2.68. The summed E-state index contributed by atoms with van der Waals surface area (Å²) < 4.78 is 5.64. The van der Waals surface area contributed by atoms with Gasteiger partial charge in [-0.2, -0.15) is 0 Å². The number of carboxylic acids is 1. The zero-order valence-corrected chi connectivity index (χ0v) is 11.5. The molecule has 108 valence electrons. The molecule has 0 aromatic heterocycles. The third kappa shape index (κ3) is 1.75. The standard InChI is InChI=1S/C17H16O4/c18-15(19)11-3-1-2-4-12(11)16(20)21-14-9-10-5-6-13(14)17(10)7-8-17/h1-6,10,13-14H,7-9H2,(H,18,19)/t10-,13+,14-/m1/s1. The molecule has 4 heteroatoms. The minimum atomic E-state index is -1.10. The molecule has 1 aromatic rings. The first-order chi connectivity index (χ1) is 10.1. The molecule has 0 saturated heterocycles. The van der Waals surface area contributed by atoms with Crippen LogP contribution in [0.3, 0.4) is 0 Å². The first-order valence-electron chi connectivity index (χ1n) is 7.33. The summed E-state index contributed by atoms with van der Waals surface area (Å²) in [6.45, 7) is 0. The smallest absolute Gasteiger partial charge is 0.339 e. The number of carboxylic acid groups (broad SMARTS) is 1. The summed E-state index contributed by atoms with van der Waals surface area (Å²) in [5, 5.41) is 9.15. The van der Waals surface area contributed by atoms with Crippen LogP contribution in [-0.2, 0) is 4.74 Å². The van der Waals surface area contributed by atoms with E-state index in [0.29, 0.717) is 17.3 Å². The van der Waals surface area contributed by atoms with Crippen LogP contribution in [0.15, 0.2) is 36.4 Å². The van der Waals surface area contributed by atoms with Crippen molar-refractivity contribution in [2.75, 3.05) is 0 Å². The van der Waals surface area contributed by atoms with Crippen molar-refractivity contribution in [1.29, 1.82) is 0 Å². The number of carbonyl (C=O) groups excluding carboxylic acids is 1. The van der Waals surface area contributed by atoms with Crippen molar-refractivity contribution >= 4 is 11.9 Å². The van der Waals surface area contributed by atoms with Crippen molar-refractivity contribution in [2.45, 2.75) is 25.4 Å². The predicted molar refractivity (Wildman–Crippen MR) is 75.0 cm³/mol. The monoisotopic (exact) mass is 284 g/mol. The molecule has 3 aliphatic carbocycles. The summed E-state index contributed by atoms with van der Waals surface area (Å²) in [6, 6.07) is 6.22. The molecule has 4 rings (SSSR count). The Hall–Kier alpha value is -2.10. The quantitative estimate of drug-likeness (QED) is 0.684. The Labute approximate surface area is 122 Å². The summed E-state index contributed by atoms with van der Waals surface area (Å²) in [7, 11) is 0. The van der Waals surface area contributed by atoms with Gasteiger partial charge in [0.1, 0.15) is 6.10 Å². The number of ether oxygens (including phenoxy) is 1. The second-order valence-electron chi connectivity index (χ2n) is 6.28.